The van der Waals surface area contributed by atoms with Crippen LogP contribution < -0.4 is 20.7 Å². The van der Waals surface area contributed by atoms with E-state index < -0.39 is 0 Å². The molecule has 3 aromatic rings. The second-order valence-corrected chi connectivity index (χ2v) is 8.63. The molecule has 4 rings (SSSR count). The number of hydrogen-bond donors (Lipinski definition) is 3. The molecule has 0 atom stereocenters. The average Bonchev–Trinajstić information content (AvgIpc) is 3.16. The maximum atomic E-state index is 11.8. The molecule has 8 nitrogen and oxygen atoms in total. The van der Waals surface area contributed by atoms with Crippen LogP contribution in [0.25, 0.3) is 10.2 Å². The number of thiazole rings is 1. The van der Waals surface area contributed by atoms with Crippen LogP contribution in [-0.4, -0.2) is 40.9 Å². The molecule has 162 valence electrons. The number of amides is 2. The zero-order valence-corrected chi connectivity index (χ0v) is 18.3. The monoisotopic (exact) mass is 439 g/mol. The highest BCUT2D eigenvalue weighted by molar-refractivity contribution is 7.22. The van der Waals surface area contributed by atoms with Crippen molar-refractivity contribution in [2.75, 3.05) is 12.4 Å². The lowest BCUT2D eigenvalue weighted by atomic mass is 9.91. The lowest BCUT2D eigenvalue weighted by Gasteiger charge is -2.29. The van der Waals surface area contributed by atoms with Crippen LogP contribution in [0, 0.1) is 0 Å². The standard InChI is InChI=1S/C22H25N5O3S/c1-13(28)25-14-3-5-15(6-4-14)26-22-27-18-8-7-16(12-20(18)31-22)30-17-9-10-24-19(11-17)21(29)23-2/h7-12,14-15H,3-6H2,1-2H3,(H,23,29)(H,25,28)(H,26,27). The normalized spacial score (nSPS) is 18.4. The predicted molar refractivity (Wildman–Crippen MR) is 121 cm³/mol. The third-order valence-electron chi connectivity index (χ3n) is 5.25. The van der Waals surface area contributed by atoms with Crippen molar-refractivity contribution in [3.63, 3.8) is 0 Å². The number of benzene rings is 1. The number of nitrogens with one attached hydrogen (secondary N) is 3. The number of carbonyl (C=O) groups is 2. The average molecular weight is 440 g/mol. The van der Waals surface area contributed by atoms with Crippen molar-refractivity contribution in [1.82, 2.24) is 20.6 Å². The lowest BCUT2D eigenvalue weighted by molar-refractivity contribution is -0.119. The molecule has 0 radical (unpaired) electrons. The molecule has 1 aliphatic rings. The Morgan fingerprint density at radius 2 is 1.81 bits per heavy atom. The van der Waals surface area contributed by atoms with Gasteiger partial charge in [0.1, 0.15) is 17.2 Å². The number of pyridine rings is 1. The van der Waals surface area contributed by atoms with Gasteiger partial charge in [0, 0.05) is 44.4 Å². The minimum Gasteiger partial charge on any atom is -0.457 e. The summed E-state index contributed by atoms with van der Waals surface area (Å²) in [6, 6.07) is 9.72. The van der Waals surface area contributed by atoms with Gasteiger partial charge in [-0.3, -0.25) is 14.6 Å². The van der Waals surface area contributed by atoms with Crippen LogP contribution in [0.4, 0.5) is 5.13 Å². The van der Waals surface area contributed by atoms with Crippen LogP contribution in [0.2, 0.25) is 0 Å². The van der Waals surface area contributed by atoms with E-state index in [2.05, 4.69) is 25.9 Å². The summed E-state index contributed by atoms with van der Waals surface area (Å²) in [5.41, 5.74) is 1.21. The molecule has 0 spiro atoms. The number of nitrogens with zero attached hydrogens (tertiary/aromatic N) is 2. The first kappa shape index (κ1) is 21.0. The van der Waals surface area contributed by atoms with Crippen molar-refractivity contribution >= 4 is 38.5 Å². The van der Waals surface area contributed by atoms with E-state index in [1.54, 1.807) is 43.6 Å². The summed E-state index contributed by atoms with van der Waals surface area (Å²) in [6.45, 7) is 1.57. The van der Waals surface area contributed by atoms with E-state index in [0.29, 0.717) is 23.2 Å². The Morgan fingerprint density at radius 3 is 2.55 bits per heavy atom. The number of rotatable bonds is 6. The Balaban J connectivity index is 1.41. The Bertz CT molecular complexity index is 1090. The molecule has 1 aliphatic carbocycles. The molecular formula is C22H25N5O3S. The first-order valence-corrected chi connectivity index (χ1v) is 11.1. The molecule has 9 heteroatoms. The van der Waals surface area contributed by atoms with Crippen LogP contribution in [0.1, 0.15) is 43.1 Å². The van der Waals surface area contributed by atoms with Crippen LogP contribution in [0.5, 0.6) is 11.5 Å². The Kier molecular flexibility index (Phi) is 6.31. The second kappa shape index (κ2) is 9.30. The molecule has 2 aromatic heterocycles. The predicted octanol–water partition coefficient (Wildman–Crippen LogP) is 3.70. The molecule has 0 saturated heterocycles. The van der Waals surface area contributed by atoms with Crippen molar-refractivity contribution in [1.29, 1.82) is 0 Å². The molecule has 3 N–H and O–H groups in total. The Hall–Kier alpha value is -3.20. The van der Waals surface area contributed by atoms with Gasteiger partial charge in [-0.1, -0.05) is 11.3 Å². The number of hydrogen-bond acceptors (Lipinski definition) is 7. The van der Waals surface area contributed by atoms with Gasteiger partial charge in [0.25, 0.3) is 5.91 Å². The van der Waals surface area contributed by atoms with Gasteiger partial charge in [0.15, 0.2) is 5.13 Å². The summed E-state index contributed by atoms with van der Waals surface area (Å²) in [5, 5.41) is 9.99. The summed E-state index contributed by atoms with van der Waals surface area (Å²) < 4.78 is 6.95. The molecular weight excluding hydrogens is 414 g/mol. The molecule has 0 bridgehead atoms. The lowest BCUT2D eigenvalue weighted by Crippen LogP contribution is -2.39. The minimum atomic E-state index is -0.259. The second-order valence-electron chi connectivity index (χ2n) is 7.60. The highest BCUT2D eigenvalue weighted by Gasteiger charge is 2.22. The maximum Gasteiger partial charge on any atom is 0.269 e. The smallest absolute Gasteiger partial charge is 0.269 e. The number of carbonyl (C=O) groups excluding carboxylic acids is 2. The Morgan fingerprint density at radius 1 is 1.06 bits per heavy atom. The number of anilines is 1. The number of ether oxygens (including phenoxy) is 1. The topological polar surface area (TPSA) is 105 Å². The first-order valence-electron chi connectivity index (χ1n) is 10.3. The van der Waals surface area contributed by atoms with Gasteiger partial charge < -0.3 is 20.7 Å². The van der Waals surface area contributed by atoms with Gasteiger partial charge in [0.2, 0.25) is 5.91 Å². The molecule has 1 saturated carbocycles. The highest BCUT2D eigenvalue weighted by atomic mass is 32.1. The summed E-state index contributed by atoms with van der Waals surface area (Å²) >= 11 is 1.59. The van der Waals surface area contributed by atoms with E-state index in [-0.39, 0.29) is 17.9 Å². The third kappa shape index (κ3) is 5.29. The van der Waals surface area contributed by atoms with Crippen molar-refractivity contribution in [2.24, 2.45) is 0 Å². The zero-order chi connectivity index (χ0) is 21.8. The fourth-order valence-electron chi connectivity index (χ4n) is 3.74. The minimum absolute atomic E-state index is 0.0391. The van der Waals surface area contributed by atoms with E-state index in [4.69, 9.17) is 4.74 Å². The van der Waals surface area contributed by atoms with E-state index in [1.165, 1.54) is 0 Å². The Labute approximate surface area is 184 Å². The van der Waals surface area contributed by atoms with Gasteiger partial charge in [-0.15, -0.1) is 0 Å². The van der Waals surface area contributed by atoms with Gasteiger partial charge in [0.05, 0.1) is 10.2 Å². The van der Waals surface area contributed by atoms with Gasteiger partial charge in [-0.25, -0.2) is 4.98 Å². The summed E-state index contributed by atoms with van der Waals surface area (Å²) in [6.07, 6.45) is 5.51. The molecule has 1 fully saturated rings. The van der Waals surface area contributed by atoms with Gasteiger partial charge in [-0.2, -0.15) is 0 Å². The van der Waals surface area contributed by atoms with Crippen molar-refractivity contribution in [2.45, 2.75) is 44.7 Å². The largest absolute Gasteiger partial charge is 0.457 e. The van der Waals surface area contributed by atoms with Gasteiger partial charge >= 0.3 is 0 Å². The quantitative estimate of drug-likeness (QED) is 0.541. The van der Waals surface area contributed by atoms with Crippen molar-refractivity contribution < 1.29 is 14.3 Å². The molecule has 2 amide bonds. The molecule has 0 unspecified atom stereocenters. The zero-order valence-electron chi connectivity index (χ0n) is 17.5. The summed E-state index contributed by atoms with van der Waals surface area (Å²) in [7, 11) is 1.57. The van der Waals surface area contributed by atoms with E-state index in [0.717, 1.165) is 41.0 Å². The van der Waals surface area contributed by atoms with Crippen LogP contribution in [-0.2, 0) is 4.79 Å². The molecule has 2 heterocycles. The number of fused-ring (bicyclic) bond motifs is 1. The van der Waals surface area contributed by atoms with Crippen molar-refractivity contribution in [3.05, 3.63) is 42.2 Å². The van der Waals surface area contributed by atoms with E-state index >= 15 is 0 Å². The summed E-state index contributed by atoms with van der Waals surface area (Å²) in [5.74, 6) is 1.00. The fourth-order valence-corrected chi connectivity index (χ4v) is 4.71. The van der Waals surface area contributed by atoms with Crippen molar-refractivity contribution in [3.8, 4) is 11.5 Å². The number of aromatic nitrogens is 2. The third-order valence-corrected chi connectivity index (χ3v) is 6.20. The molecule has 1 aromatic carbocycles. The van der Waals surface area contributed by atoms with Crippen LogP contribution in [0.15, 0.2) is 36.5 Å². The summed E-state index contributed by atoms with van der Waals surface area (Å²) in [4.78, 5) is 31.7. The maximum absolute atomic E-state index is 11.8. The van der Waals surface area contributed by atoms with Gasteiger partial charge in [-0.05, 0) is 43.9 Å². The SMILES string of the molecule is CNC(=O)c1cc(Oc2ccc3nc(NC4CCC(NC(C)=O)CC4)sc3c2)ccn1. The van der Waals surface area contributed by atoms with Crippen LogP contribution in [0.3, 0.4) is 0 Å². The first-order chi connectivity index (χ1) is 15.0. The highest BCUT2D eigenvalue weighted by Crippen LogP contribution is 2.33. The molecule has 0 aliphatic heterocycles. The fraction of sp³-hybridized carbons (Fsp3) is 0.364. The van der Waals surface area contributed by atoms with Crippen LogP contribution >= 0.6 is 11.3 Å². The molecule has 31 heavy (non-hydrogen) atoms. The van der Waals surface area contributed by atoms with E-state index in [1.807, 2.05) is 18.2 Å². The van der Waals surface area contributed by atoms with E-state index in [9.17, 15) is 9.59 Å².